The zero-order chi connectivity index (χ0) is 13.8. The van der Waals surface area contributed by atoms with Crippen LogP contribution in [0.25, 0.3) is 11.3 Å². The third-order valence-electron chi connectivity index (χ3n) is 2.67. The second-order valence-corrected chi connectivity index (χ2v) is 3.91. The zero-order valence-electron chi connectivity index (χ0n) is 9.95. The van der Waals surface area contributed by atoms with Crippen LogP contribution in [0, 0.1) is 0 Å². The molecule has 4 nitrogen and oxygen atoms in total. The minimum absolute atomic E-state index is 0.0868. The summed E-state index contributed by atoms with van der Waals surface area (Å²) >= 11 is 0. The van der Waals surface area contributed by atoms with Gasteiger partial charge >= 0.3 is 5.97 Å². The molecule has 19 heavy (non-hydrogen) atoms. The first-order valence-corrected chi connectivity index (χ1v) is 5.61. The normalized spacial score (nSPS) is 11.8. The van der Waals surface area contributed by atoms with Gasteiger partial charge in [-0.25, -0.2) is 4.79 Å². The molecule has 2 rings (SSSR count). The van der Waals surface area contributed by atoms with Crippen LogP contribution in [-0.4, -0.2) is 21.3 Å². The molecule has 0 atom stereocenters. The van der Waals surface area contributed by atoms with E-state index < -0.39 is 11.7 Å². The molecule has 96 valence electrons. The van der Waals surface area contributed by atoms with E-state index in [2.05, 4.69) is 0 Å². The van der Waals surface area contributed by atoms with Crippen molar-refractivity contribution < 1.29 is 20.1 Å². The van der Waals surface area contributed by atoms with Crippen molar-refractivity contribution in [2.45, 2.75) is 0 Å². The minimum atomic E-state index is -1.26. The second-order valence-electron chi connectivity index (χ2n) is 3.91. The van der Waals surface area contributed by atoms with Crippen LogP contribution < -0.4 is 0 Å². The zero-order valence-corrected chi connectivity index (χ0v) is 9.95. The minimum Gasteiger partial charge on any atom is -0.507 e. The Morgan fingerprint density at radius 1 is 0.842 bits per heavy atom. The Balaban J connectivity index is 2.64. The Hall–Kier alpha value is -2.75. The molecule has 2 aromatic rings. The van der Waals surface area contributed by atoms with Gasteiger partial charge in [0.15, 0.2) is 0 Å². The number of phenols is 1. The van der Waals surface area contributed by atoms with E-state index in [1.54, 1.807) is 42.5 Å². The number of phenolic OH excluding ortho intramolecular Hbond substituents is 1. The van der Waals surface area contributed by atoms with Crippen molar-refractivity contribution in [3.8, 4) is 5.75 Å². The fourth-order valence-electron chi connectivity index (χ4n) is 1.77. The van der Waals surface area contributed by atoms with Gasteiger partial charge in [-0.3, -0.25) is 0 Å². The maximum absolute atomic E-state index is 11.3. The fourth-order valence-corrected chi connectivity index (χ4v) is 1.77. The number of para-hydroxylation sites is 1. The van der Waals surface area contributed by atoms with E-state index in [0.717, 1.165) is 0 Å². The monoisotopic (exact) mass is 256 g/mol. The average molecular weight is 256 g/mol. The Labute approximate surface area is 109 Å². The predicted octanol–water partition coefficient (Wildman–Crippen LogP) is 2.90. The van der Waals surface area contributed by atoms with Crippen molar-refractivity contribution in [2.24, 2.45) is 0 Å². The topological polar surface area (TPSA) is 77.8 Å². The van der Waals surface area contributed by atoms with Crippen molar-refractivity contribution in [1.29, 1.82) is 0 Å². The lowest BCUT2D eigenvalue weighted by Gasteiger charge is -2.08. The molecule has 0 unspecified atom stereocenters. The van der Waals surface area contributed by atoms with Gasteiger partial charge < -0.3 is 15.3 Å². The number of carboxylic acid groups (broad SMARTS) is 1. The van der Waals surface area contributed by atoms with Crippen LogP contribution in [0.5, 0.6) is 5.75 Å². The first-order chi connectivity index (χ1) is 9.11. The molecule has 0 saturated heterocycles. The third-order valence-corrected chi connectivity index (χ3v) is 2.67. The average Bonchev–Trinajstić information content (AvgIpc) is 2.40. The SMILES string of the molecule is O=C(O)C(=C(O)c1ccccc1O)c1ccccc1. The molecule has 2 aromatic carbocycles. The molecule has 0 fully saturated rings. The predicted molar refractivity (Wildman–Crippen MR) is 71.6 cm³/mol. The van der Waals surface area contributed by atoms with E-state index in [-0.39, 0.29) is 16.9 Å². The number of carboxylic acids is 1. The maximum atomic E-state index is 11.3. The number of aliphatic carboxylic acids is 1. The lowest BCUT2D eigenvalue weighted by Crippen LogP contribution is -2.03. The summed E-state index contributed by atoms with van der Waals surface area (Å²) in [6.45, 7) is 0. The molecule has 0 radical (unpaired) electrons. The molecule has 0 spiro atoms. The van der Waals surface area contributed by atoms with Crippen LogP contribution in [0.15, 0.2) is 54.6 Å². The van der Waals surface area contributed by atoms with E-state index in [1.807, 2.05) is 0 Å². The summed E-state index contributed by atoms with van der Waals surface area (Å²) in [4.78, 5) is 11.3. The Morgan fingerprint density at radius 3 is 2.00 bits per heavy atom. The first kappa shape index (κ1) is 12.7. The summed E-state index contributed by atoms with van der Waals surface area (Å²) in [5, 5.41) is 29.0. The number of aliphatic hydroxyl groups is 1. The summed E-state index contributed by atoms with van der Waals surface area (Å²) in [6.07, 6.45) is 0. The van der Waals surface area contributed by atoms with Crippen LogP contribution in [0.4, 0.5) is 0 Å². The highest BCUT2D eigenvalue weighted by molar-refractivity contribution is 6.22. The second kappa shape index (κ2) is 5.27. The van der Waals surface area contributed by atoms with Gasteiger partial charge in [0, 0.05) is 0 Å². The molecule has 0 heterocycles. The summed E-state index contributed by atoms with van der Waals surface area (Å²) in [5.74, 6) is -1.89. The molecule has 3 N–H and O–H groups in total. The number of rotatable bonds is 3. The Kier molecular flexibility index (Phi) is 3.52. The summed E-state index contributed by atoms with van der Waals surface area (Å²) < 4.78 is 0. The molecule has 0 aliphatic carbocycles. The highest BCUT2D eigenvalue weighted by Gasteiger charge is 2.19. The highest BCUT2D eigenvalue weighted by Crippen LogP contribution is 2.29. The number of aliphatic hydroxyl groups excluding tert-OH is 1. The number of benzene rings is 2. The van der Waals surface area contributed by atoms with Crippen molar-refractivity contribution in [3.63, 3.8) is 0 Å². The van der Waals surface area contributed by atoms with Crippen LogP contribution in [0.3, 0.4) is 0 Å². The van der Waals surface area contributed by atoms with Crippen molar-refractivity contribution >= 4 is 17.3 Å². The van der Waals surface area contributed by atoms with Crippen molar-refractivity contribution in [2.75, 3.05) is 0 Å². The Morgan fingerprint density at radius 2 is 1.42 bits per heavy atom. The molecule has 0 aliphatic rings. The van der Waals surface area contributed by atoms with Gasteiger partial charge in [-0.05, 0) is 17.7 Å². The van der Waals surface area contributed by atoms with Crippen molar-refractivity contribution in [1.82, 2.24) is 0 Å². The van der Waals surface area contributed by atoms with Crippen LogP contribution in [-0.2, 0) is 4.79 Å². The first-order valence-electron chi connectivity index (χ1n) is 5.61. The van der Waals surface area contributed by atoms with Gasteiger partial charge in [0.1, 0.15) is 17.1 Å². The van der Waals surface area contributed by atoms with Crippen molar-refractivity contribution in [3.05, 3.63) is 65.7 Å². The van der Waals surface area contributed by atoms with E-state index >= 15 is 0 Å². The lowest BCUT2D eigenvalue weighted by molar-refractivity contribution is -0.130. The molecule has 0 aliphatic heterocycles. The van der Waals surface area contributed by atoms with Gasteiger partial charge in [0.05, 0.1) is 5.56 Å². The smallest absolute Gasteiger partial charge is 0.340 e. The van der Waals surface area contributed by atoms with E-state index in [0.29, 0.717) is 5.56 Å². The highest BCUT2D eigenvalue weighted by atomic mass is 16.4. The summed E-state index contributed by atoms with van der Waals surface area (Å²) in [6, 6.07) is 14.3. The van der Waals surface area contributed by atoms with Crippen LogP contribution >= 0.6 is 0 Å². The molecule has 0 aromatic heterocycles. The quantitative estimate of drug-likeness (QED) is 0.448. The van der Waals surface area contributed by atoms with E-state index in [4.69, 9.17) is 0 Å². The molecular weight excluding hydrogens is 244 g/mol. The number of carbonyl (C=O) groups is 1. The van der Waals surface area contributed by atoms with Gasteiger partial charge in [-0.15, -0.1) is 0 Å². The Bertz CT molecular complexity index is 630. The fraction of sp³-hybridized carbons (Fsp3) is 0. The standard InChI is InChI=1S/C15H12O4/c16-12-9-5-4-8-11(12)14(17)13(15(18)19)10-6-2-1-3-7-10/h1-9,16-17H,(H,18,19). The van der Waals surface area contributed by atoms with Crippen LogP contribution in [0.1, 0.15) is 11.1 Å². The molecular formula is C15H12O4. The summed E-state index contributed by atoms with van der Waals surface area (Å²) in [5.41, 5.74) is 0.210. The molecule has 0 amide bonds. The number of aromatic hydroxyl groups is 1. The molecule has 4 heteroatoms. The van der Waals surface area contributed by atoms with E-state index in [9.17, 15) is 20.1 Å². The van der Waals surface area contributed by atoms with Crippen LogP contribution in [0.2, 0.25) is 0 Å². The summed E-state index contributed by atoms with van der Waals surface area (Å²) in [7, 11) is 0. The van der Waals surface area contributed by atoms with Gasteiger partial charge in [-0.1, -0.05) is 42.5 Å². The van der Waals surface area contributed by atoms with Gasteiger partial charge in [0.25, 0.3) is 0 Å². The maximum Gasteiger partial charge on any atom is 0.340 e. The third kappa shape index (κ3) is 2.57. The molecule has 0 saturated carbocycles. The number of hydrogen-bond acceptors (Lipinski definition) is 3. The van der Waals surface area contributed by atoms with Gasteiger partial charge in [-0.2, -0.15) is 0 Å². The van der Waals surface area contributed by atoms with E-state index in [1.165, 1.54) is 12.1 Å². The number of hydrogen-bond donors (Lipinski definition) is 3. The molecule has 0 bridgehead atoms. The largest absolute Gasteiger partial charge is 0.507 e. The van der Waals surface area contributed by atoms with Gasteiger partial charge in [0.2, 0.25) is 0 Å². The lowest BCUT2D eigenvalue weighted by atomic mass is 10.0.